The third-order valence-electron chi connectivity index (χ3n) is 5.08. The number of carbonyl (C=O) groups is 3. The van der Waals surface area contributed by atoms with E-state index >= 15 is 0 Å². The summed E-state index contributed by atoms with van der Waals surface area (Å²) >= 11 is 3.47. The van der Waals surface area contributed by atoms with Crippen LogP contribution in [0.25, 0.3) is 0 Å². The Hall–Kier alpha value is -2.92. The molecule has 2 aromatic heterocycles. The number of thioether (sulfide) groups is 2. The molecule has 4 N–H and O–H groups in total. The number of β-lactam (4-membered cyclic amide) rings is 1. The first kappa shape index (κ1) is 23.2. The molecule has 0 bridgehead atoms. The maximum absolute atomic E-state index is 12.8. The van der Waals surface area contributed by atoms with Crippen molar-refractivity contribution in [3.8, 4) is 0 Å². The van der Waals surface area contributed by atoms with E-state index in [1.807, 2.05) is 0 Å². The van der Waals surface area contributed by atoms with Crippen LogP contribution in [-0.2, 0) is 26.3 Å². The molecule has 3 atom stereocenters. The van der Waals surface area contributed by atoms with Gasteiger partial charge in [0.15, 0.2) is 10.3 Å². The number of rotatable bonds is 8. The first-order valence-electron chi connectivity index (χ1n) is 9.39. The van der Waals surface area contributed by atoms with Crippen LogP contribution in [0.5, 0.6) is 0 Å². The number of nitrogen functional groups attached to an aromatic ring is 1. The Morgan fingerprint density at radius 2 is 2.30 bits per heavy atom. The largest absolute Gasteiger partial charge is 0.481 e. The van der Waals surface area contributed by atoms with Gasteiger partial charge in [0.1, 0.15) is 30.3 Å². The molecule has 2 fully saturated rings. The fourth-order valence-corrected chi connectivity index (χ4v) is 6.51. The van der Waals surface area contributed by atoms with Crippen molar-refractivity contribution in [1.82, 2.24) is 34.3 Å². The fourth-order valence-electron chi connectivity index (χ4n) is 3.33. The molecule has 14 nitrogen and oxygen atoms in total. The first-order valence-corrected chi connectivity index (χ1v) is 12.2. The van der Waals surface area contributed by atoms with Gasteiger partial charge in [0.05, 0.1) is 0 Å². The minimum Gasteiger partial charge on any atom is -0.481 e. The standard InChI is InChI=1S/C16H19N9O5S3/c1-24-6-18-21-15(24)32-5-16(13(28)29)3-25-11(27)8(12(25)31-4-16)19-10(26)7(22-30-2)9-20-14(17)33-23-9/h6,8,12H,3-5H2,1-2H3,(H,19,26)(H,28,29)(H2,17,20,23)/t8?,12-,16?/m1/s1. The highest BCUT2D eigenvalue weighted by molar-refractivity contribution is 8.00. The van der Waals surface area contributed by atoms with Crippen LogP contribution in [0, 0.1) is 5.41 Å². The van der Waals surface area contributed by atoms with Gasteiger partial charge in [-0.25, -0.2) is 0 Å². The van der Waals surface area contributed by atoms with Crippen LogP contribution in [-0.4, -0.2) is 94.2 Å². The van der Waals surface area contributed by atoms with Crippen molar-refractivity contribution in [3.63, 3.8) is 0 Å². The lowest BCUT2D eigenvalue weighted by molar-refractivity contribution is -0.157. The molecule has 2 aliphatic rings. The Morgan fingerprint density at radius 1 is 1.52 bits per heavy atom. The number of anilines is 1. The number of oxime groups is 1. The number of carboxylic acids is 1. The zero-order valence-corrected chi connectivity index (χ0v) is 19.8. The number of aryl methyl sites for hydroxylation is 1. The molecule has 0 aliphatic carbocycles. The molecule has 4 rings (SSSR count). The SMILES string of the molecule is CON=C(C(=O)NC1C(=O)N2CC(CSc3nncn3C)(C(=O)O)CS[C@H]12)c1nsc(N)n1. The van der Waals surface area contributed by atoms with Crippen LogP contribution in [0.15, 0.2) is 16.6 Å². The number of nitrogens with two attached hydrogens (primary N) is 1. The second kappa shape index (κ2) is 9.14. The van der Waals surface area contributed by atoms with Crippen LogP contribution in [0.2, 0.25) is 0 Å². The van der Waals surface area contributed by atoms with Gasteiger partial charge in [-0.05, 0) is 0 Å². The predicted molar refractivity (Wildman–Crippen MR) is 120 cm³/mol. The van der Waals surface area contributed by atoms with Crippen LogP contribution in [0.1, 0.15) is 5.82 Å². The van der Waals surface area contributed by atoms with Crippen LogP contribution in [0.3, 0.4) is 0 Å². The summed E-state index contributed by atoms with van der Waals surface area (Å²) in [5, 5.41) is 24.3. The molecular formula is C16H19N9O5S3. The van der Waals surface area contributed by atoms with Crippen molar-refractivity contribution in [2.24, 2.45) is 17.6 Å². The molecule has 33 heavy (non-hydrogen) atoms. The molecule has 0 spiro atoms. The normalized spacial score (nSPS) is 24.7. The monoisotopic (exact) mass is 513 g/mol. The molecule has 0 aromatic carbocycles. The summed E-state index contributed by atoms with van der Waals surface area (Å²) in [6, 6.07) is -0.835. The van der Waals surface area contributed by atoms with Gasteiger partial charge in [-0.1, -0.05) is 16.9 Å². The lowest BCUT2D eigenvalue weighted by atomic mass is 9.89. The third kappa shape index (κ3) is 4.34. The van der Waals surface area contributed by atoms with E-state index in [1.54, 1.807) is 11.6 Å². The van der Waals surface area contributed by atoms with Gasteiger partial charge >= 0.3 is 5.97 Å². The summed E-state index contributed by atoms with van der Waals surface area (Å²) < 4.78 is 5.65. The average molecular weight is 514 g/mol. The molecule has 2 amide bonds. The van der Waals surface area contributed by atoms with Gasteiger partial charge in [-0.3, -0.25) is 14.4 Å². The average Bonchev–Trinajstić information content (AvgIpc) is 3.41. The summed E-state index contributed by atoms with van der Waals surface area (Å²) in [5.41, 5.74) is 4.20. The van der Waals surface area contributed by atoms with Crippen molar-refractivity contribution >= 4 is 63.7 Å². The highest BCUT2D eigenvalue weighted by Crippen LogP contribution is 2.44. The Balaban J connectivity index is 1.43. The Labute approximate surface area is 199 Å². The maximum Gasteiger partial charge on any atom is 0.313 e. The van der Waals surface area contributed by atoms with E-state index in [2.05, 4.69) is 30.0 Å². The van der Waals surface area contributed by atoms with Crippen molar-refractivity contribution in [1.29, 1.82) is 0 Å². The summed E-state index contributed by atoms with van der Waals surface area (Å²) in [6.07, 6.45) is 1.53. The number of aromatic nitrogens is 5. The van der Waals surface area contributed by atoms with E-state index in [0.29, 0.717) is 5.16 Å². The Morgan fingerprint density at radius 3 is 2.91 bits per heavy atom. The van der Waals surface area contributed by atoms with Crippen LogP contribution >= 0.6 is 35.1 Å². The van der Waals surface area contributed by atoms with Crippen molar-refractivity contribution in [2.45, 2.75) is 16.6 Å². The number of nitrogens with zero attached hydrogens (tertiary/aromatic N) is 7. The van der Waals surface area contributed by atoms with Gasteiger partial charge in [-0.2, -0.15) is 9.36 Å². The third-order valence-corrected chi connectivity index (χ3v) is 8.54. The molecule has 2 unspecified atom stereocenters. The topological polar surface area (TPSA) is 191 Å². The van der Waals surface area contributed by atoms with Crippen molar-refractivity contribution in [3.05, 3.63) is 12.2 Å². The molecular weight excluding hydrogens is 494 g/mol. The van der Waals surface area contributed by atoms with E-state index in [1.165, 1.54) is 41.9 Å². The number of hydrogen-bond donors (Lipinski definition) is 3. The minimum absolute atomic E-state index is 0.0116. The molecule has 2 aliphatic heterocycles. The molecule has 2 saturated heterocycles. The number of fused-ring (bicyclic) bond motifs is 1. The zero-order chi connectivity index (χ0) is 23.8. The Kier molecular flexibility index (Phi) is 6.44. The lowest BCUT2D eigenvalue weighted by Gasteiger charge is -2.53. The van der Waals surface area contributed by atoms with Crippen molar-refractivity contribution < 1.29 is 24.3 Å². The van der Waals surface area contributed by atoms with Crippen LogP contribution < -0.4 is 11.1 Å². The second-order valence-corrected chi connectivity index (χ2v) is 10.1. The van der Waals surface area contributed by atoms with Gasteiger partial charge in [0.25, 0.3) is 5.91 Å². The number of carbonyl (C=O) groups excluding carboxylic acids is 2. The Bertz CT molecular complexity index is 1120. The molecule has 0 radical (unpaired) electrons. The molecule has 4 heterocycles. The molecule has 2 aromatic rings. The van der Waals surface area contributed by atoms with Gasteiger partial charge in [0.2, 0.25) is 17.4 Å². The maximum atomic E-state index is 12.8. The first-order chi connectivity index (χ1) is 15.8. The van der Waals surface area contributed by atoms with E-state index in [4.69, 9.17) is 10.6 Å². The van der Waals surface area contributed by atoms with E-state index in [-0.39, 0.29) is 40.6 Å². The number of carboxylic acid groups (broad SMARTS) is 1. The molecule has 17 heteroatoms. The lowest BCUT2D eigenvalue weighted by Crippen LogP contribution is -2.74. The zero-order valence-electron chi connectivity index (χ0n) is 17.4. The van der Waals surface area contributed by atoms with E-state index in [0.717, 1.165) is 11.5 Å². The van der Waals surface area contributed by atoms with Crippen LogP contribution in [0.4, 0.5) is 5.13 Å². The van der Waals surface area contributed by atoms with E-state index < -0.39 is 28.7 Å². The molecule has 0 saturated carbocycles. The summed E-state index contributed by atoms with van der Waals surface area (Å²) in [4.78, 5) is 47.8. The summed E-state index contributed by atoms with van der Waals surface area (Å²) in [6.45, 7) is 0.0270. The van der Waals surface area contributed by atoms with Gasteiger partial charge in [0, 0.05) is 36.6 Å². The number of hydrogen-bond acceptors (Lipinski definition) is 13. The highest BCUT2D eigenvalue weighted by atomic mass is 32.2. The fraction of sp³-hybridized carbons (Fsp3) is 0.500. The van der Waals surface area contributed by atoms with Gasteiger partial charge < -0.3 is 30.5 Å². The summed E-state index contributed by atoms with van der Waals surface area (Å²) in [7, 11) is 3.03. The quantitative estimate of drug-likeness (QED) is 0.167. The summed E-state index contributed by atoms with van der Waals surface area (Å²) in [5.74, 6) is -1.60. The van der Waals surface area contributed by atoms with Gasteiger partial charge in [-0.15, -0.1) is 22.0 Å². The molecule has 176 valence electrons. The number of aliphatic carboxylic acids is 1. The second-order valence-electron chi connectivity index (χ2n) is 7.30. The smallest absolute Gasteiger partial charge is 0.313 e. The number of nitrogens with one attached hydrogen (secondary N) is 1. The highest BCUT2D eigenvalue weighted by Gasteiger charge is 2.57. The number of amides is 2. The predicted octanol–water partition coefficient (Wildman–Crippen LogP) is -1.14. The van der Waals surface area contributed by atoms with Crippen molar-refractivity contribution in [2.75, 3.05) is 30.9 Å². The minimum atomic E-state index is -1.16. The van der Waals surface area contributed by atoms with E-state index in [9.17, 15) is 19.5 Å².